The molecule has 3 aromatic rings. The molecule has 31 heavy (non-hydrogen) atoms. The number of ether oxygens (including phenoxy) is 1. The van der Waals surface area contributed by atoms with Crippen molar-refractivity contribution in [1.29, 1.82) is 0 Å². The zero-order valence-corrected chi connectivity index (χ0v) is 21.0. The van der Waals surface area contributed by atoms with E-state index in [1.54, 1.807) is 0 Å². The number of pyridine rings is 1. The van der Waals surface area contributed by atoms with Gasteiger partial charge in [-0.25, -0.2) is 0 Å². The minimum Gasteiger partial charge on any atom is -0.466 e. The smallest absolute Gasteiger partial charge is 0.311 e. The van der Waals surface area contributed by atoms with Gasteiger partial charge in [0.05, 0.1) is 23.4 Å². The Bertz CT molecular complexity index is 1080. The summed E-state index contributed by atoms with van der Waals surface area (Å²) < 4.78 is 8.80. The minimum atomic E-state index is -0.640. The van der Waals surface area contributed by atoms with Gasteiger partial charge in [0.15, 0.2) is 0 Å². The van der Waals surface area contributed by atoms with Crippen molar-refractivity contribution < 1.29 is 9.53 Å². The number of hydrogen-bond acceptors (Lipinski definition) is 3. The summed E-state index contributed by atoms with van der Waals surface area (Å²) in [6.07, 6.45) is 3.49. The van der Waals surface area contributed by atoms with Crippen LogP contribution < -0.4 is 0 Å². The molecule has 0 amide bonds. The van der Waals surface area contributed by atoms with E-state index >= 15 is 0 Å². The molecule has 2 heterocycles. The van der Waals surface area contributed by atoms with Gasteiger partial charge in [-0.3, -0.25) is 9.78 Å². The summed E-state index contributed by atoms with van der Waals surface area (Å²) in [6.45, 7) is 13.6. The van der Waals surface area contributed by atoms with Crippen LogP contribution in [0.2, 0.25) is 0 Å². The first-order valence-electron chi connectivity index (χ1n) is 11.2. The van der Waals surface area contributed by atoms with Crippen LogP contribution in [0.5, 0.6) is 0 Å². The van der Waals surface area contributed by atoms with Gasteiger partial charge in [-0.15, -0.1) is 0 Å². The Kier molecular flexibility index (Phi) is 7.25. The molecule has 0 radical (unpaired) electrons. The molecule has 0 spiro atoms. The third kappa shape index (κ3) is 4.57. The van der Waals surface area contributed by atoms with Gasteiger partial charge >= 0.3 is 5.97 Å². The van der Waals surface area contributed by atoms with E-state index in [0.717, 1.165) is 34.4 Å². The Hall–Kier alpha value is -2.14. The Labute approximate surface area is 194 Å². The standard InChI is InChI=1S/C26H33BrN2O2/c1-7-17(4)23-19(11-10-14-28-23)24-21(16-26(5,6)25(30)31-9-3)20-15-18(27)12-13-22(20)29(24)8-2/h10-15,17H,7-9,16H2,1-6H3. The number of hydrogen-bond donors (Lipinski definition) is 0. The van der Waals surface area contributed by atoms with Crippen LogP contribution in [0.15, 0.2) is 41.0 Å². The Morgan fingerprint density at radius 1 is 1.23 bits per heavy atom. The lowest BCUT2D eigenvalue weighted by atomic mass is 9.83. The zero-order chi connectivity index (χ0) is 22.8. The number of carbonyl (C=O) groups excluding carboxylic acids is 1. The van der Waals surface area contributed by atoms with Gasteiger partial charge in [-0.2, -0.15) is 0 Å². The number of nitrogens with zero attached hydrogens (tertiary/aromatic N) is 2. The highest BCUT2D eigenvalue weighted by Gasteiger charge is 2.33. The minimum absolute atomic E-state index is 0.165. The molecular weight excluding hydrogens is 452 g/mol. The molecule has 0 aliphatic heterocycles. The first-order chi connectivity index (χ1) is 14.7. The number of halogens is 1. The number of fused-ring (bicyclic) bond motifs is 1. The number of carbonyl (C=O) groups is 1. The van der Waals surface area contributed by atoms with Gasteiger partial charge in [0.2, 0.25) is 0 Å². The van der Waals surface area contributed by atoms with Crippen molar-refractivity contribution in [2.45, 2.75) is 66.8 Å². The fourth-order valence-electron chi connectivity index (χ4n) is 4.26. The quantitative estimate of drug-likeness (QED) is 0.319. The van der Waals surface area contributed by atoms with E-state index in [1.165, 1.54) is 16.5 Å². The Balaban J connectivity index is 2.34. The molecular formula is C26H33BrN2O2. The Morgan fingerprint density at radius 2 is 1.97 bits per heavy atom. The Morgan fingerprint density at radius 3 is 2.61 bits per heavy atom. The molecule has 5 heteroatoms. The predicted octanol–water partition coefficient (Wildman–Crippen LogP) is 7.13. The van der Waals surface area contributed by atoms with Crippen LogP contribution in [0.1, 0.15) is 65.1 Å². The lowest BCUT2D eigenvalue weighted by molar-refractivity contribution is -0.153. The average molecular weight is 485 g/mol. The summed E-state index contributed by atoms with van der Waals surface area (Å²) >= 11 is 3.65. The largest absolute Gasteiger partial charge is 0.466 e. The van der Waals surface area contributed by atoms with E-state index in [9.17, 15) is 4.79 Å². The molecule has 1 atom stereocenters. The van der Waals surface area contributed by atoms with E-state index in [2.05, 4.69) is 65.5 Å². The molecule has 2 aromatic heterocycles. The SMILES string of the molecule is CCOC(=O)C(C)(C)Cc1c(-c2cccnc2C(C)CC)n(CC)c2ccc(Br)cc12. The number of rotatable bonds is 8. The van der Waals surface area contributed by atoms with Crippen molar-refractivity contribution in [1.82, 2.24) is 9.55 Å². The van der Waals surface area contributed by atoms with Crippen molar-refractivity contribution in [3.8, 4) is 11.3 Å². The van der Waals surface area contributed by atoms with Crippen molar-refractivity contribution >= 4 is 32.8 Å². The summed E-state index contributed by atoms with van der Waals surface area (Å²) in [6, 6.07) is 10.6. The molecule has 166 valence electrons. The first-order valence-corrected chi connectivity index (χ1v) is 12.0. The second kappa shape index (κ2) is 9.56. The van der Waals surface area contributed by atoms with Crippen molar-refractivity contribution in [3.63, 3.8) is 0 Å². The van der Waals surface area contributed by atoms with Crippen molar-refractivity contribution in [2.75, 3.05) is 6.61 Å². The van der Waals surface area contributed by atoms with E-state index < -0.39 is 5.41 Å². The van der Waals surface area contributed by atoms with Crippen LogP contribution in [0, 0.1) is 5.41 Å². The van der Waals surface area contributed by atoms with Crippen LogP contribution in [0.4, 0.5) is 0 Å². The van der Waals surface area contributed by atoms with E-state index in [-0.39, 0.29) is 5.97 Å². The van der Waals surface area contributed by atoms with Crippen LogP contribution in [-0.4, -0.2) is 22.1 Å². The van der Waals surface area contributed by atoms with Gasteiger partial charge in [0, 0.05) is 33.7 Å². The molecule has 0 saturated heterocycles. The molecule has 0 bridgehead atoms. The summed E-state index contributed by atoms with van der Waals surface area (Å²) in [5, 5.41) is 1.17. The molecule has 1 unspecified atom stereocenters. The predicted molar refractivity (Wildman–Crippen MR) is 131 cm³/mol. The van der Waals surface area contributed by atoms with Crippen LogP contribution in [0.25, 0.3) is 22.2 Å². The summed E-state index contributed by atoms with van der Waals surface area (Å²) in [7, 11) is 0. The monoisotopic (exact) mass is 484 g/mol. The fourth-order valence-corrected chi connectivity index (χ4v) is 4.62. The highest BCUT2D eigenvalue weighted by molar-refractivity contribution is 9.10. The normalized spacial score (nSPS) is 12.9. The maximum Gasteiger partial charge on any atom is 0.311 e. The number of aromatic nitrogens is 2. The average Bonchev–Trinajstić information content (AvgIpc) is 3.05. The first kappa shape index (κ1) is 23.5. The highest BCUT2D eigenvalue weighted by atomic mass is 79.9. The lowest BCUT2D eigenvalue weighted by Crippen LogP contribution is -2.29. The second-order valence-corrected chi connectivity index (χ2v) is 9.68. The summed E-state index contributed by atoms with van der Waals surface area (Å²) in [5.41, 5.74) is 5.13. The number of benzene rings is 1. The summed E-state index contributed by atoms with van der Waals surface area (Å²) in [5.74, 6) is 0.179. The summed E-state index contributed by atoms with van der Waals surface area (Å²) in [4.78, 5) is 17.5. The highest BCUT2D eigenvalue weighted by Crippen LogP contribution is 2.41. The topological polar surface area (TPSA) is 44.1 Å². The maximum absolute atomic E-state index is 12.8. The molecule has 0 aliphatic rings. The zero-order valence-electron chi connectivity index (χ0n) is 19.5. The van der Waals surface area contributed by atoms with Gasteiger partial charge in [0.1, 0.15) is 0 Å². The maximum atomic E-state index is 12.8. The molecule has 1 aromatic carbocycles. The van der Waals surface area contributed by atoms with Gasteiger partial charge in [-0.05, 0) is 82.3 Å². The van der Waals surface area contributed by atoms with Crippen LogP contribution in [-0.2, 0) is 22.5 Å². The molecule has 0 fully saturated rings. The third-order valence-electron chi connectivity index (χ3n) is 6.07. The molecule has 0 saturated carbocycles. The number of aryl methyl sites for hydroxylation is 1. The van der Waals surface area contributed by atoms with Crippen LogP contribution in [0.3, 0.4) is 0 Å². The molecule has 4 nitrogen and oxygen atoms in total. The molecule has 0 aliphatic carbocycles. The van der Waals surface area contributed by atoms with E-state index in [0.29, 0.717) is 18.9 Å². The molecule has 3 rings (SSSR count). The van der Waals surface area contributed by atoms with Crippen molar-refractivity contribution in [2.24, 2.45) is 5.41 Å². The van der Waals surface area contributed by atoms with Gasteiger partial charge < -0.3 is 9.30 Å². The van der Waals surface area contributed by atoms with Crippen molar-refractivity contribution in [3.05, 3.63) is 52.3 Å². The third-order valence-corrected chi connectivity index (χ3v) is 6.56. The van der Waals surface area contributed by atoms with E-state index in [1.807, 2.05) is 33.0 Å². The van der Waals surface area contributed by atoms with Crippen LogP contribution >= 0.6 is 15.9 Å². The molecule has 0 N–H and O–H groups in total. The van der Waals surface area contributed by atoms with E-state index in [4.69, 9.17) is 9.72 Å². The van der Waals surface area contributed by atoms with Gasteiger partial charge in [-0.1, -0.05) is 29.8 Å². The van der Waals surface area contributed by atoms with Gasteiger partial charge in [0.25, 0.3) is 0 Å². The number of esters is 1. The second-order valence-electron chi connectivity index (χ2n) is 8.76. The fraction of sp³-hybridized carbons (Fsp3) is 0.462. The lowest BCUT2D eigenvalue weighted by Gasteiger charge is -2.24.